The number of hydrogen-bond acceptors (Lipinski definition) is 7. The van der Waals surface area contributed by atoms with Gasteiger partial charge in [0.05, 0.1) is 24.1 Å². The number of amides is 1. The van der Waals surface area contributed by atoms with Crippen molar-refractivity contribution < 1.29 is 4.79 Å². The average molecular weight is 507 g/mol. The van der Waals surface area contributed by atoms with Crippen molar-refractivity contribution in [3.63, 3.8) is 0 Å². The van der Waals surface area contributed by atoms with Crippen LogP contribution in [0.4, 0.5) is 5.82 Å². The van der Waals surface area contributed by atoms with E-state index in [9.17, 15) is 4.79 Å². The van der Waals surface area contributed by atoms with Gasteiger partial charge in [0.2, 0.25) is 5.91 Å². The lowest BCUT2D eigenvalue weighted by molar-refractivity contribution is -0.136. The van der Waals surface area contributed by atoms with Crippen LogP contribution in [-0.2, 0) is 17.9 Å². The first kappa shape index (κ1) is 23.4. The van der Waals surface area contributed by atoms with Crippen LogP contribution in [0, 0.1) is 6.92 Å². The van der Waals surface area contributed by atoms with Crippen LogP contribution in [0.2, 0.25) is 5.02 Å². The summed E-state index contributed by atoms with van der Waals surface area (Å²) in [5.74, 6) is 3.26. The number of nitrogens with zero attached hydrogens (tertiary/aromatic N) is 8. The van der Waals surface area contributed by atoms with E-state index in [2.05, 4.69) is 35.5 Å². The number of halogens is 1. The highest BCUT2D eigenvalue weighted by atomic mass is 35.5. The maximum absolute atomic E-state index is 13.2. The molecule has 3 aromatic rings. The molecule has 1 aromatic carbocycles. The van der Waals surface area contributed by atoms with Gasteiger partial charge in [-0.1, -0.05) is 11.6 Å². The van der Waals surface area contributed by atoms with E-state index in [-0.39, 0.29) is 11.8 Å². The topological polar surface area (TPSA) is 83.3 Å². The molecule has 10 heteroatoms. The van der Waals surface area contributed by atoms with Crippen LogP contribution in [0.5, 0.6) is 0 Å². The van der Waals surface area contributed by atoms with Gasteiger partial charge in [0.1, 0.15) is 17.2 Å². The summed E-state index contributed by atoms with van der Waals surface area (Å²) in [7, 11) is 3.67. The predicted octanol–water partition coefficient (Wildman–Crippen LogP) is 3.34. The van der Waals surface area contributed by atoms with E-state index in [1.165, 1.54) is 0 Å². The van der Waals surface area contributed by atoms with Crippen LogP contribution in [0.1, 0.15) is 54.5 Å². The summed E-state index contributed by atoms with van der Waals surface area (Å²) >= 11 is 6.44. The Hall–Kier alpha value is -3.04. The van der Waals surface area contributed by atoms with E-state index in [4.69, 9.17) is 16.7 Å². The normalized spacial score (nSPS) is 19.4. The van der Waals surface area contributed by atoms with Crippen molar-refractivity contribution >= 4 is 23.3 Å². The van der Waals surface area contributed by atoms with Crippen LogP contribution in [-0.4, -0.2) is 73.2 Å². The summed E-state index contributed by atoms with van der Waals surface area (Å²) in [4.78, 5) is 28.4. The zero-order valence-corrected chi connectivity index (χ0v) is 21.7. The van der Waals surface area contributed by atoms with Gasteiger partial charge in [0.15, 0.2) is 5.82 Å². The highest BCUT2D eigenvalue weighted by Gasteiger charge is 2.56. The van der Waals surface area contributed by atoms with Crippen molar-refractivity contribution in [1.29, 1.82) is 0 Å². The second-order valence-electron chi connectivity index (χ2n) is 10.5. The molecule has 0 unspecified atom stereocenters. The second-order valence-corrected chi connectivity index (χ2v) is 10.9. The molecule has 0 bridgehead atoms. The van der Waals surface area contributed by atoms with Gasteiger partial charge in [-0.2, -0.15) is 0 Å². The van der Waals surface area contributed by atoms with Gasteiger partial charge in [-0.05, 0) is 56.4 Å². The molecule has 1 saturated carbocycles. The molecule has 1 saturated heterocycles. The van der Waals surface area contributed by atoms with Crippen molar-refractivity contribution in [3.8, 4) is 5.69 Å². The molecule has 3 aliphatic rings. The fourth-order valence-electron chi connectivity index (χ4n) is 5.76. The van der Waals surface area contributed by atoms with E-state index >= 15 is 0 Å². The van der Waals surface area contributed by atoms with Crippen LogP contribution in [0.25, 0.3) is 5.69 Å². The Morgan fingerprint density at radius 1 is 1.11 bits per heavy atom. The van der Waals surface area contributed by atoms with Crippen molar-refractivity contribution in [2.75, 3.05) is 32.1 Å². The van der Waals surface area contributed by atoms with Gasteiger partial charge in [0, 0.05) is 50.9 Å². The third-order valence-corrected chi connectivity index (χ3v) is 8.03. The number of benzene rings is 1. The Balaban J connectivity index is 1.32. The lowest BCUT2D eigenvalue weighted by Gasteiger charge is -2.32. The van der Waals surface area contributed by atoms with Crippen LogP contribution < -0.4 is 4.90 Å². The number of anilines is 1. The van der Waals surface area contributed by atoms with E-state index in [0.29, 0.717) is 18.1 Å². The number of hydrogen-bond donors (Lipinski definition) is 0. The fourth-order valence-corrected chi connectivity index (χ4v) is 5.96. The summed E-state index contributed by atoms with van der Waals surface area (Å²) in [6, 6.07) is 6.03. The van der Waals surface area contributed by atoms with Crippen LogP contribution >= 0.6 is 11.6 Å². The Morgan fingerprint density at radius 2 is 1.89 bits per heavy atom. The van der Waals surface area contributed by atoms with Crippen LogP contribution in [0.15, 0.2) is 30.6 Å². The molecule has 9 nitrogen and oxygen atoms in total. The first-order valence-electron chi connectivity index (χ1n) is 12.6. The number of aryl methyl sites for hydroxylation is 1. The van der Waals surface area contributed by atoms with Gasteiger partial charge >= 0.3 is 0 Å². The molecule has 0 spiro atoms. The Bertz CT molecular complexity index is 1310. The molecule has 1 aliphatic carbocycles. The maximum Gasteiger partial charge on any atom is 0.242 e. The molecule has 4 heterocycles. The molecule has 2 aliphatic heterocycles. The highest BCUT2D eigenvalue weighted by molar-refractivity contribution is 6.30. The SMILES string of the molecule is Cc1cncc(N2CCC(c3nnc4n3-c3ccc(Cl)cc3CN(C3(C(=O)N(C)C)CC3)C4)CC2)n1. The first-order chi connectivity index (χ1) is 17.4. The first-order valence-corrected chi connectivity index (χ1v) is 13.0. The number of rotatable bonds is 4. The summed E-state index contributed by atoms with van der Waals surface area (Å²) in [6.07, 6.45) is 7.27. The standard InChI is InChI=1S/C26H31ClN8O/c1-17-13-28-14-22(29-17)33-10-6-18(7-11-33)24-31-30-23-16-34(26(8-9-26)25(36)32(2)3)15-19-12-20(27)4-5-21(19)35(23)24/h4-5,12-14,18H,6-11,15-16H2,1-3H3. The van der Waals surface area contributed by atoms with Crippen molar-refractivity contribution in [2.24, 2.45) is 0 Å². The molecule has 0 radical (unpaired) electrons. The molecule has 6 rings (SSSR count). The molecular formula is C26H31ClN8O. The molecule has 36 heavy (non-hydrogen) atoms. The quantitative estimate of drug-likeness (QED) is 0.536. The summed E-state index contributed by atoms with van der Waals surface area (Å²) in [6.45, 7) is 5.00. The van der Waals surface area contributed by atoms with E-state index in [0.717, 1.165) is 73.2 Å². The third-order valence-electron chi connectivity index (χ3n) is 7.79. The Labute approximate surface area is 216 Å². The largest absolute Gasteiger partial charge is 0.355 e. The molecule has 2 fully saturated rings. The predicted molar refractivity (Wildman–Crippen MR) is 137 cm³/mol. The van der Waals surface area contributed by atoms with E-state index < -0.39 is 5.54 Å². The number of likely N-dealkylation sites (N-methyl/N-ethyl adjacent to an activating group) is 1. The fraction of sp³-hybridized carbons (Fsp3) is 0.500. The van der Waals surface area contributed by atoms with Crippen molar-refractivity contribution in [2.45, 2.75) is 57.2 Å². The molecule has 0 N–H and O–H groups in total. The minimum absolute atomic E-state index is 0.158. The number of aromatic nitrogens is 5. The molecule has 188 valence electrons. The molecular weight excluding hydrogens is 476 g/mol. The number of fused-ring (bicyclic) bond motifs is 3. The summed E-state index contributed by atoms with van der Waals surface area (Å²) < 4.78 is 2.23. The van der Waals surface area contributed by atoms with Gasteiger partial charge in [-0.25, -0.2) is 4.98 Å². The van der Waals surface area contributed by atoms with E-state index in [1.54, 1.807) is 11.1 Å². The molecule has 1 amide bonds. The minimum atomic E-state index is -0.468. The average Bonchev–Trinajstić information content (AvgIpc) is 3.61. The van der Waals surface area contributed by atoms with E-state index in [1.807, 2.05) is 39.3 Å². The minimum Gasteiger partial charge on any atom is -0.355 e. The smallest absolute Gasteiger partial charge is 0.242 e. The number of carbonyl (C=O) groups is 1. The number of piperidine rings is 1. The Kier molecular flexibility index (Phi) is 5.72. The molecule has 2 aromatic heterocycles. The van der Waals surface area contributed by atoms with Gasteiger partial charge in [0.25, 0.3) is 0 Å². The zero-order valence-electron chi connectivity index (χ0n) is 21.0. The third kappa shape index (κ3) is 3.94. The van der Waals surface area contributed by atoms with Crippen LogP contribution in [0.3, 0.4) is 0 Å². The Morgan fingerprint density at radius 3 is 2.58 bits per heavy atom. The monoisotopic (exact) mass is 506 g/mol. The summed E-state index contributed by atoms with van der Waals surface area (Å²) in [5, 5.41) is 10.1. The lowest BCUT2D eigenvalue weighted by Crippen LogP contribution is -2.48. The second kappa shape index (κ2) is 8.81. The maximum atomic E-state index is 13.2. The number of carbonyl (C=O) groups excluding carboxylic acids is 1. The van der Waals surface area contributed by atoms with Gasteiger partial charge in [-0.15, -0.1) is 10.2 Å². The summed E-state index contributed by atoms with van der Waals surface area (Å²) in [5.41, 5.74) is 2.63. The van der Waals surface area contributed by atoms with Gasteiger partial charge < -0.3 is 9.80 Å². The molecule has 0 atom stereocenters. The zero-order chi connectivity index (χ0) is 25.0. The van der Waals surface area contributed by atoms with Crippen molar-refractivity contribution in [3.05, 3.63) is 58.5 Å². The van der Waals surface area contributed by atoms with Gasteiger partial charge in [-0.3, -0.25) is 19.2 Å². The van der Waals surface area contributed by atoms with Crippen molar-refractivity contribution in [1.82, 2.24) is 34.5 Å². The highest BCUT2D eigenvalue weighted by Crippen LogP contribution is 2.46. The lowest BCUT2D eigenvalue weighted by atomic mass is 9.95.